The Morgan fingerprint density at radius 2 is 1.78 bits per heavy atom. The monoisotopic (exact) mass is 447 g/mol. The van der Waals surface area contributed by atoms with Crippen LogP contribution in [0.1, 0.15) is 23.9 Å². The van der Waals surface area contributed by atoms with Crippen LogP contribution in [0.25, 0.3) is 17.1 Å². The summed E-state index contributed by atoms with van der Waals surface area (Å²) in [4.78, 5) is 17.1. The summed E-state index contributed by atoms with van der Waals surface area (Å²) in [7, 11) is 1.86. The first-order chi connectivity index (χ1) is 15.4. The second-order valence-electron chi connectivity index (χ2n) is 7.58. The molecular weight excluding hydrogens is 422 g/mol. The van der Waals surface area contributed by atoms with Gasteiger partial charge < -0.3 is 5.32 Å². The Labute approximate surface area is 191 Å². The Hall–Kier alpha value is -3.46. The molecule has 4 rings (SSSR count). The third-order valence-electron chi connectivity index (χ3n) is 5.34. The molecule has 0 aliphatic carbocycles. The molecule has 1 aromatic carbocycles. The largest absolute Gasteiger partial charge is 0.322 e. The fraction of sp³-hybridized carbons (Fsp3) is 0.261. The van der Waals surface area contributed by atoms with E-state index in [0.717, 1.165) is 33.9 Å². The number of anilines is 1. The van der Waals surface area contributed by atoms with E-state index < -0.39 is 5.25 Å². The first kappa shape index (κ1) is 21.8. The van der Waals surface area contributed by atoms with Crippen LogP contribution in [0.5, 0.6) is 0 Å². The van der Waals surface area contributed by atoms with E-state index in [9.17, 15) is 4.79 Å². The van der Waals surface area contributed by atoms with Gasteiger partial charge in [0.25, 0.3) is 0 Å². The minimum Gasteiger partial charge on any atom is -0.322 e. The number of benzene rings is 1. The van der Waals surface area contributed by atoms with E-state index in [0.29, 0.717) is 11.0 Å². The lowest BCUT2D eigenvalue weighted by atomic mass is 10.2. The molecule has 0 spiro atoms. The van der Waals surface area contributed by atoms with Gasteiger partial charge in [0.1, 0.15) is 0 Å². The standard InChI is InChI=1S/C23H25N7OS/c1-14-8-6-7-9-19(14)30-21(18-10-12-24-13-11-18)26-27-23(30)32-17(4)22(31)25-20-15(2)28-29(5)16(20)3/h6-13,17H,1-5H3,(H,25,31)/t17-/m0/s1. The topological polar surface area (TPSA) is 90.5 Å². The van der Waals surface area contributed by atoms with Gasteiger partial charge in [-0.25, -0.2) is 0 Å². The highest BCUT2D eigenvalue weighted by Gasteiger charge is 2.24. The fourth-order valence-corrected chi connectivity index (χ4v) is 4.32. The van der Waals surface area contributed by atoms with Crippen LogP contribution in [-0.2, 0) is 11.8 Å². The summed E-state index contributed by atoms with van der Waals surface area (Å²) in [5.41, 5.74) is 5.42. The van der Waals surface area contributed by atoms with Gasteiger partial charge in [-0.2, -0.15) is 5.10 Å². The highest BCUT2D eigenvalue weighted by Crippen LogP contribution is 2.32. The van der Waals surface area contributed by atoms with Crippen molar-refractivity contribution in [3.05, 3.63) is 65.7 Å². The van der Waals surface area contributed by atoms with Gasteiger partial charge in [0.15, 0.2) is 11.0 Å². The van der Waals surface area contributed by atoms with Crippen molar-refractivity contribution in [3.8, 4) is 17.1 Å². The lowest BCUT2D eigenvalue weighted by molar-refractivity contribution is -0.115. The number of hydrogen-bond acceptors (Lipinski definition) is 6. The molecular formula is C23H25N7OS. The number of rotatable bonds is 6. The van der Waals surface area contributed by atoms with Gasteiger partial charge >= 0.3 is 0 Å². The number of amides is 1. The lowest BCUT2D eigenvalue weighted by Gasteiger charge is -2.15. The second kappa shape index (κ2) is 8.96. The van der Waals surface area contributed by atoms with Gasteiger partial charge in [0, 0.05) is 25.0 Å². The Kier molecular flexibility index (Phi) is 6.09. The molecule has 3 aromatic heterocycles. The SMILES string of the molecule is Cc1ccccc1-n1c(S[C@@H](C)C(=O)Nc2c(C)nn(C)c2C)nnc1-c1ccncc1. The number of hydrogen-bond donors (Lipinski definition) is 1. The van der Waals surface area contributed by atoms with E-state index in [2.05, 4.69) is 25.6 Å². The van der Waals surface area contributed by atoms with Crippen molar-refractivity contribution in [3.63, 3.8) is 0 Å². The average molecular weight is 448 g/mol. The maximum atomic E-state index is 13.0. The van der Waals surface area contributed by atoms with Crippen molar-refractivity contribution in [2.75, 3.05) is 5.32 Å². The van der Waals surface area contributed by atoms with Gasteiger partial charge in [-0.15, -0.1) is 10.2 Å². The van der Waals surface area contributed by atoms with Gasteiger partial charge in [-0.1, -0.05) is 30.0 Å². The van der Waals surface area contributed by atoms with Crippen molar-refractivity contribution in [2.24, 2.45) is 7.05 Å². The maximum absolute atomic E-state index is 13.0. The highest BCUT2D eigenvalue weighted by atomic mass is 32.2. The zero-order chi connectivity index (χ0) is 22.8. The van der Waals surface area contributed by atoms with E-state index in [1.165, 1.54) is 11.8 Å². The molecule has 9 heteroatoms. The molecule has 1 N–H and O–H groups in total. The summed E-state index contributed by atoms with van der Waals surface area (Å²) in [6.07, 6.45) is 3.46. The molecule has 4 aromatic rings. The van der Waals surface area contributed by atoms with Crippen LogP contribution in [0.2, 0.25) is 0 Å². The number of nitrogens with one attached hydrogen (secondary N) is 1. The molecule has 0 aliphatic heterocycles. The van der Waals surface area contributed by atoms with Crippen molar-refractivity contribution in [2.45, 2.75) is 38.1 Å². The van der Waals surface area contributed by atoms with Crippen molar-refractivity contribution >= 4 is 23.4 Å². The summed E-state index contributed by atoms with van der Waals surface area (Å²) in [5, 5.41) is 16.5. The quantitative estimate of drug-likeness (QED) is 0.448. The van der Waals surface area contributed by atoms with Crippen molar-refractivity contribution in [1.29, 1.82) is 0 Å². The Morgan fingerprint density at radius 3 is 2.44 bits per heavy atom. The van der Waals surface area contributed by atoms with Crippen LogP contribution >= 0.6 is 11.8 Å². The smallest absolute Gasteiger partial charge is 0.237 e. The Balaban J connectivity index is 1.67. The highest BCUT2D eigenvalue weighted by molar-refractivity contribution is 8.00. The number of aryl methyl sites for hydroxylation is 3. The second-order valence-corrected chi connectivity index (χ2v) is 8.89. The summed E-state index contributed by atoms with van der Waals surface area (Å²) in [5.74, 6) is 0.592. The zero-order valence-electron chi connectivity index (χ0n) is 18.7. The molecule has 32 heavy (non-hydrogen) atoms. The minimum absolute atomic E-state index is 0.112. The Morgan fingerprint density at radius 1 is 1.06 bits per heavy atom. The lowest BCUT2D eigenvalue weighted by Crippen LogP contribution is -2.23. The molecule has 0 radical (unpaired) electrons. The first-order valence-electron chi connectivity index (χ1n) is 10.3. The summed E-state index contributed by atoms with van der Waals surface area (Å²) in [6, 6.07) is 11.9. The van der Waals surface area contributed by atoms with E-state index in [4.69, 9.17) is 0 Å². The van der Waals surface area contributed by atoms with Gasteiger partial charge in [0.05, 0.1) is 28.0 Å². The van der Waals surface area contributed by atoms with E-state index >= 15 is 0 Å². The Bertz CT molecular complexity index is 1260. The fourth-order valence-electron chi connectivity index (χ4n) is 3.46. The molecule has 0 fully saturated rings. The molecule has 0 saturated heterocycles. The number of thioether (sulfide) groups is 1. The maximum Gasteiger partial charge on any atom is 0.237 e. The average Bonchev–Trinajstić information content (AvgIpc) is 3.30. The number of carbonyl (C=O) groups is 1. The summed E-state index contributed by atoms with van der Waals surface area (Å²) in [6.45, 7) is 7.73. The predicted molar refractivity (Wildman–Crippen MR) is 126 cm³/mol. The van der Waals surface area contributed by atoms with E-state index in [-0.39, 0.29) is 5.91 Å². The molecule has 0 saturated carbocycles. The zero-order valence-corrected chi connectivity index (χ0v) is 19.5. The molecule has 1 amide bonds. The molecule has 0 bridgehead atoms. The van der Waals surface area contributed by atoms with Crippen LogP contribution < -0.4 is 5.32 Å². The molecule has 0 aliphatic rings. The third kappa shape index (κ3) is 4.16. The predicted octanol–water partition coefficient (Wildman–Crippen LogP) is 4.11. The molecule has 8 nitrogen and oxygen atoms in total. The minimum atomic E-state index is -0.397. The molecule has 1 atom stereocenters. The van der Waals surface area contributed by atoms with Crippen LogP contribution in [0.3, 0.4) is 0 Å². The van der Waals surface area contributed by atoms with Crippen molar-refractivity contribution in [1.82, 2.24) is 29.5 Å². The van der Waals surface area contributed by atoms with Gasteiger partial charge in [-0.3, -0.25) is 19.0 Å². The first-order valence-corrected chi connectivity index (χ1v) is 11.1. The molecule has 0 unspecified atom stereocenters. The van der Waals surface area contributed by atoms with E-state index in [1.807, 2.05) is 75.7 Å². The third-order valence-corrected chi connectivity index (χ3v) is 6.38. The number of nitrogens with zero attached hydrogens (tertiary/aromatic N) is 6. The van der Waals surface area contributed by atoms with Crippen molar-refractivity contribution < 1.29 is 4.79 Å². The van der Waals surface area contributed by atoms with E-state index in [1.54, 1.807) is 17.1 Å². The normalized spacial score (nSPS) is 12.0. The molecule has 164 valence electrons. The molecule has 3 heterocycles. The van der Waals surface area contributed by atoms with Crippen LogP contribution in [-0.4, -0.2) is 40.7 Å². The van der Waals surface area contributed by atoms with Crippen LogP contribution in [0, 0.1) is 20.8 Å². The van der Waals surface area contributed by atoms with Crippen LogP contribution in [0.4, 0.5) is 5.69 Å². The number of aromatic nitrogens is 6. The van der Waals surface area contributed by atoms with Crippen LogP contribution in [0.15, 0.2) is 53.9 Å². The number of pyridine rings is 1. The summed E-state index contributed by atoms with van der Waals surface area (Å²) < 4.78 is 3.76. The number of para-hydroxylation sites is 1. The summed E-state index contributed by atoms with van der Waals surface area (Å²) >= 11 is 1.37. The van der Waals surface area contributed by atoms with Gasteiger partial charge in [0.2, 0.25) is 5.91 Å². The van der Waals surface area contributed by atoms with Gasteiger partial charge in [-0.05, 0) is 51.5 Å². The number of carbonyl (C=O) groups excluding carboxylic acids is 1.